The van der Waals surface area contributed by atoms with Crippen LogP contribution < -0.4 is 5.32 Å². The van der Waals surface area contributed by atoms with Crippen LogP contribution in [0.4, 0.5) is 11.6 Å². The van der Waals surface area contributed by atoms with E-state index in [2.05, 4.69) is 15.5 Å². The van der Waals surface area contributed by atoms with Gasteiger partial charge in [0, 0.05) is 31.8 Å². The number of hydrogen-bond acceptors (Lipinski definition) is 5. The minimum atomic E-state index is -0.411. The Bertz CT molecular complexity index is 605. The third-order valence-electron chi connectivity index (χ3n) is 2.63. The Balaban J connectivity index is 2.56. The van der Waals surface area contributed by atoms with E-state index in [0.717, 1.165) is 5.56 Å². The molecule has 94 valence electrons. The Morgan fingerprint density at radius 3 is 2.61 bits per heavy atom. The number of benzene rings is 1. The molecule has 0 radical (unpaired) electrons. The van der Waals surface area contributed by atoms with Crippen LogP contribution in [-0.4, -0.2) is 26.7 Å². The van der Waals surface area contributed by atoms with Gasteiger partial charge in [-0.1, -0.05) is 0 Å². The summed E-state index contributed by atoms with van der Waals surface area (Å²) in [6.07, 6.45) is 0. The molecule has 1 N–H and O–H groups in total. The fraction of sp³-hybridized carbons (Fsp3) is 0.273. The number of hydrogen-bond donors (Lipinski definition) is 1. The summed E-state index contributed by atoms with van der Waals surface area (Å²) in [5, 5.41) is 21.7. The highest BCUT2D eigenvalue weighted by Crippen LogP contribution is 2.25. The van der Waals surface area contributed by atoms with Crippen molar-refractivity contribution in [3.8, 4) is 11.4 Å². The van der Waals surface area contributed by atoms with Crippen LogP contribution in [0.25, 0.3) is 11.4 Å². The first-order valence-electron chi connectivity index (χ1n) is 5.36. The van der Waals surface area contributed by atoms with Gasteiger partial charge in [0.1, 0.15) is 0 Å². The van der Waals surface area contributed by atoms with Gasteiger partial charge < -0.3 is 5.32 Å². The molecular weight excluding hydrogens is 234 g/mol. The van der Waals surface area contributed by atoms with Gasteiger partial charge in [0.25, 0.3) is 5.69 Å². The summed E-state index contributed by atoms with van der Waals surface area (Å²) >= 11 is 0. The molecule has 0 bridgehead atoms. The fourth-order valence-corrected chi connectivity index (χ4v) is 1.80. The number of nitro benzene ring substituents is 1. The number of anilines is 1. The number of nitro groups is 1. The Morgan fingerprint density at radius 2 is 2.06 bits per heavy atom. The van der Waals surface area contributed by atoms with Crippen molar-refractivity contribution >= 4 is 11.6 Å². The van der Waals surface area contributed by atoms with Crippen molar-refractivity contribution in [1.29, 1.82) is 0 Å². The largest absolute Gasteiger partial charge is 0.357 e. The maximum atomic E-state index is 10.8. The third-order valence-corrected chi connectivity index (χ3v) is 2.63. The molecule has 0 saturated heterocycles. The normalized spacial score (nSPS) is 10.4. The monoisotopic (exact) mass is 247 g/mol. The minimum Gasteiger partial charge on any atom is -0.357 e. The maximum absolute atomic E-state index is 10.8. The van der Waals surface area contributed by atoms with Crippen LogP contribution in [0.5, 0.6) is 0 Å². The summed E-state index contributed by atoms with van der Waals surface area (Å²) in [6.45, 7) is 1.81. The predicted molar refractivity (Wildman–Crippen MR) is 67.4 cm³/mol. The highest BCUT2D eigenvalue weighted by atomic mass is 16.6. The second kappa shape index (κ2) is 4.44. The van der Waals surface area contributed by atoms with Crippen molar-refractivity contribution in [3.63, 3.8) is 0 Å². The zero-order chi connectivity index (χ0) is 13.3. The van der Waals surface area contributed by atoms with Crippen LogP contribution in [0.1, 0.15) is 5.56 Å². The molecule has 0 fully saturated rings. The second-order valence-corrected chi connectivity index (χ2v) is 3.97. The van der Waals surface area contributed by atoms with Crippen molar-refractivity contribution in [2.24, 2.45) is 7.05 Å². The van der Waals surface area contributed by atoms with Gasteiger partial charge in [-0.05, 0) is 18.6 Å². The van der Waals surface area contributed by atoms with Crippen LogP contribution >= 0.6 is 0 Å². The van der Waals surface area contributed by atoms with Gasteiger partial charge in [-0.2, -0.15) is 0 Å². The van der Waals surface area contributed by atoms with E-state index in [-0.39, 0.29) is 5.69 Å². The number of nitrogens with one attached hydrogen (secondary N) is 1. The van der Waals surface area contributed by atoms with Crippen molar-refractivity contribution < 1.29 is 4.92 Å². The molecule has 0 atom stereocenters. The first-order valence-corrected chi connectivity index (χ1v) is 5.36. The first kappa shape index (κ1) is 12.0. The van der Waals surface area contributed by atoms with E-state index in [1.54, 1.807) is 18.7 Å². The Labute approximate surface area is 104 Å². The predicted octanol–water partition coefficient (Wildman–Crippen LogP) is 1.74. The molecule has 2 aromatic rings. The average Bonchev–Trinajstić information content (AvgIpc) is 2.69. The molecule has 2 rings (SSSR count). The van der Waals surface area contributed by atoms with E-state index in [1.165, 1.54) is 12.1 Å². The third kappa shape index (κ3) is 2.02. The summed E-state index contributed by atoms with van der Waals surface area (Å²) in [5.41, 5.74) is 1.55. The summed E-state index contributed by atoms with van der Waals surface area (Å²) in [4.78, 5) is 10.4. The first-order chi connectivity index (χ1) is 8.52. The quantitative estimate of drug-likeness (QED) is 0.659. The van der Waals surface area contributed by atoms with Crippen molar-refractivity contribution in [1.82, 2.24) is 14.8 Å². The molecule has 0 aliphatic heterocycles. The summed E-state index contributed by atoms with van der Waals surface area (Å²) < 4.78 is 1.75. The molecule has 0 amide bonds. The smallest absolute Gasteiger partial charge is 0.270 e. The Morgan fingerprint density at radius 1 is 1.33 bits per heavy atom. The number of nitrogens with zero attached hydrogens (tertiary/aromatic N) is 4. The molecule has 7 heteroatoms. The molecule has 0 saturated carbocycles. The van der Waals surface area contributed by atoms with Crippen LogP contribution in [0, 0.1) is 17.0 Å². The van der Waals surface area contributed by atoms with E-state index in [1.807, 2.05) is 13.0 Å². The highest BCUT2D eigenvalue weighted by Gasteiger charge is 2.14. The zero-order valence-corrected chi connectivity index (χ0v) is 10.3. The van der Waals surface area contributed by atoms with E-state index < -0.39 is 4.92 Å². The molecule has 18 heavy (non-hydrogen) atoms. The number of non-ortho nitro benzene ring substituents is 1. The standard InChI is InChI=1S/C11H13N5O2/c1-7-4-8(6-9(5-7)16(17)18)10-13-14-11(12-2)15(10)3/h4-6H,1-3H3,(H,12,14). The molecule has 7 nitrogen and oxygen atoms in total. The lowest BCUT2D eigenvalue weighted by atomic mass is 10.1. The molecule has 0 aliphatic rings. The van der Waals surface area contributed by atoms with Crippen LogP contribution in [0.15, 0.2) is 18.2 Å². The summed E-state index contributed by atoms with van der Waals surface area (Å²) in [5.74, 6) is 1.19. The van der Waals surface area contributed by atoms with E-state index in [4.69, 9.17) is 0 Å². The lowest BCUT2D eigenvalue weighted by Crippen LogP contribution is -2.00. The molecule has 1 heterocycles. The van der Waals surface area contributed by atoms with E-state index in [0.29, 0.717) is 17.3 Å². The van der Waals surface area contributed by atoms with Gasteiger partial charge in [0.2, 0.25) is 5.95 Å². The Kier molecular flexibility index (Phi) is 2.97. The fourth-order valence-electron chi connectivity index (χ4n) is 1.80. The van der Waals surface area contributed by atoms with E-state index in [9.17, 15) is 10.1 Å². The second-order valence-electron chi connectivity index (χ2n) is 3.97. The average molecular weight is 247 g/mol. The molecule has 1 aromatic carbocycles. The lowest BCUT2D eigenvalue weighted by Gasteiger charge is -2.04. The molecule has 0 unspecified atom stereocenters. The van der Waals surface area contributed by atoms with Gasteiger partial charge in [-0.3, -0.25) is 14.7 Å². The zero-order valence-electron chi connectivity index (χ0n) is 10.3. The van der Waals surface area contributed by atoms with Crippen LogP contribution in [0.2, 0.25) is 0 Å². The van der Waals surface area contributed by atoms with Crippen LogP contribution in [0.3, 0.4) is 0 Å². The summed E-state index contributed by atoms with van der Waals surface area (Å²) in [7, 11) is 3.54. The maximum Gasteiger partial charge on any atom is 0.270 e. The van der Waals surface area contributed by atoms with Crippen molar-refractivity contribution in [2.45, 2.75) is 6.92 Å². The molecule has 0 spiro atoms. The Hall–Kier alpha value is -2.44. The molecular formula is C11H13N5O2. The lowest BCUT2D eigenvalue weighted by molar-refractivity contribution is -0.384. The molecule has 1 aromatic heterocycles. The van der Waals surface area contributed by atoms with Gasteiger partial charge in [-0.25, -0.2) is 0 Å². The van der Waals surface area contributed by atoms with Gasteiger partial charge in [-0.15, -0.1) is 10.2 Å². The van der Waals surface area contributed by atoms with Crippen LogP contribution in [-0.2, 0) is 7.05 Å². The van der Waals surface area contributed by atoms with Gasteiger partial charge >= 0.3 is 0 Å². The minimum absolute atomic E-state index is 0.0546. The van der Waals surface area contributed by atoms with E-state index >= 15 is 0 Å². The highest BCUT2D eigenvalue weighted by molar-refractivity contribution is 5.62. The number of rotatable bonds is 3. The SMILES string of the molecule is CNc1nnc(-c2cc(C)cc([N+](=O)[O-])c2)n1C. The summed E-state index contributed by atoms with van der Waals surface area (Å²) in [6, 6.07) is 4.87. The van der Waals surface area contributed by atoms with Crippen molar-refractivity contribution in [3.05, 3.63) is 33.9 Å². The van der Waals surface area contributed by atoms with Gasteiger partial charge in [0.05, 0.1) is 4.92 Å². The topological polar surface area (TPSA) is 85.9 Å². The van der Waals surface area contributed by atoms with Gasteiger partial charge in [0.15, 0.2) is 5.82 Å². The van der Waals surface area contributed by atoms with Crippen molar-refractivity contribution in [2.75, 3.05) is 12.4 Å². The molecule has 0 aliphatic carbocycles. The number of aryl methyl sites for hydroxylation is 1. The number of aromatic nitrogens is 3.